The number of nitrogens with one attached hydrogen (secondary N) is 1. The second kappa shape index (κ2) is 5.85. The molecule has 3 N–H and O–H groups in total. The Hall–Kier alpha value is -1.53. The molecule has 6 heteroatoms. The van der Waals surface area contributed by atoms with Gasteiger partial charge in [-0.2, -0.15) is 0 Å². The zero-order chi connectivity index (χ0) is 13.9. The van der Waals surface area contributed by atoms with E-state index in [2.05, 4.69) is 31.3 Å². The predicted molar refractivity (Wildman–Crippen MR) is 82.0 cm³/mol. The van der Waals surface area contributed by atoms with Crippen LogP contribution in [0.2, 0.25) is 0 Å². The van der Waals surface area contributed by atoms with Crippen LogP contribution in [0.15, 0.2) is 22.8 Å². The summed E-state index contributed by atoms with van der Waals surface area (Å²) in [5, 5.41) is 0. The molecule has 5 nitrogen and oxygen atoms in total. The van der Waals surface area contributed by atoms with Gasteiger partial charge < -0.3 is 5.43 Å². The molecule has 2 heterocycles. The number of nitrogens with zero attached hydrogens (tertiary/aromatic N) is 3. The lowest BCUT2D eigenvalue weighted by atomic mass is 10.1. The topological polar surface area (TPSA) is 76.7 Å². The van der Waals surface area contributed by atoms with Gasteiger partial charge >= 0.3 is 0 Å². The summed E-state index contributed by atoms with van der Waals surface area (Å²) in [6.45, 7) is 0. The minimum absolute atomic E-state index is 0.617. The number of fused-ring (bicyclic) bond motifs is 1. The maximum Gasteiger partial charge on any atom is 0.181 e. The van der Waals surface area contributed by atoms with Crippen LogP contribution >= 0.6 is 15.9 Å². The fourth-order valence-electron chi connectivity index (χ4n) is 2.55. The Bertz CT molecular complexity index is 629. The smallest absolute Gasteiger partial charge is 0.181 e. The first-order chi connectivity index (χ1) is 9.79. The summed E-state index contributed by atoms with van der Waals surface area (Å²) in [6, 6.07) is 3.81. The van der Waals surface area contributed by atoms with Gasteiger partial charge in [0.05, 0.1) is 0 Å². The van der Waals surface area contributed by atoms with E-state index in [1.807, 2.05) is 12.1 Å². The number of aromatic nitrogens is 3. The molecule has 0 amide bonds. The molecule has 3 rings (SSSR count). The Kier molecular flexibility index (Phi) is 3.93. The molecule has 0 fully saturated rings. The van der Waals surface area contributed by atoms with Gasteiger partial charge in [-0.25, -0.2) is 15.8 Å². The monoisotopic (exact) mass is 333 g/mol. The first kappa shape index (κ1) is 13.5. The van der Waals surface area contributed by atoms with Gasteiger partial charge in [-0.15, -0.1) is 0 Å². The highest BCUT2D eigenvalue weighted by Gasteiger charge is 2.18. The molecule has 104 valence electrons. The van der Waals surface area contributed by atoms with Crippen LogP contribution in [0.1, 0.15) is 30.5 Å². The van der Waals surface area contributed by atoms with E-state index in [1.54, 1.807) is 6.20 Å². The summed E-state index contributed by atoms with van der Waals surface area (Å²) in [4.78, 5) is 13.6. The Morgan fingerprint density at radius 1 is 1.15 bits per heavy atom. The maximum atomic E-state index is 5.64. The number of anilines is 1. The molecular weight excluding hydrogens is 318 g/mol. The van der Waals surface area contributed by atoms with Crippen LogP contribution in [-0.4, -0.2) is 15.0 Å². The Morgan fingerprint density at radius 3 is 2.80 bits per heavy atom. The van der Waals surface area contributed by atoms with E-state index >= 15 is 0 Å². The van der Waals surface area contributed by atoms with E-state index in [1.165, 1.54) is 6.42 Å². The van der Waals surface area contributed by atoms with Crippen molar-refractivity contribution in [3.05, 3.63) is 34.1 Å². The highest BCUT2D eigenvalue weighted by Crippen LogP contribution is 2.29. The van der Waals surface area contributed by atoms with Gasteiger partial charge in [-0.1, -0.05) is 6.42 Å². The summed E-state index contributed by atoms with van der Waals surface area (Å²) in [5.41, 5.74) is 5.71. The van der Waals surface area contributed by atoms with Gasteiger partial charge in [0.2, 0.25) is 0 Å². The number of rotatable bonds is 2. The lowest BCUT2D eigenvalue weighted by molar-refractivity contribution is 0.709. The molecule has 1 aliphatic carbocycles. The average molecular weight is 334 g/mol. The first-order valence-electron chi connectivity index (χ1n) is 6.77. The normalized spacial score (nSPS) is 14.5. The predicted octanol–water partition coefficient (Wildman–Crippen LogP) is 2.86. The van der Waals surface area contributed by atoms with Crippen molar-refractivity contribution in [3.63, 3.8) is 0 Å². The Labute approximate surface area is 126 Å². The van der Waals surface area contributed by atoms with Gasteiger partial charge in [0.15, 0.2) is 5.82 Å². The highest BCUT2D eigenvalue weighted by molar-refractivity contribution is 9.10. The second-order valence-corrected chi connectivity index (χ2v) is 5.71. The number of nitrogen functional groups attached to an aromatic ring is 1. The largest absolute Gasteiger partial charge is 0.308 e. The highest BCUT2D eigenvalue weighted by atomic mass is 79.9. The van der Waals surface area contributed by atoms with Crippen LogP contribution in [0.5, 0.6) is 0 Å². The number of hydrazine groups is 1. The molecule has 1 aliphatic rings. The summed E-state index contributed by atoms with van der Waals surface area (Å²) in [6.07, 6.45) is 7.25. The second-order valence-electron chi connectivity index (χ2n) is 4.86. The molecular formula is C14H16BrN5. The van der Waals surface area contributed by atoms with Crippen molar-refractivity contribution >= 4 is 21.7 Å². The molecule has 0 bridgehead atoms. The third-order valence-corrected chi connectivity index (χ3v) is 4.18. The van der Waals surface area contributed by atoms with Crippen LogP contribution in [0, 0.1) is 0 Å². The van der Waals surface area contributed by atoms with Crippen molar-refractivity contribution in [2.24, 2.45) is 5.84 Å². The standard InChI is InChI=1S/C14H16BrN5/c15-10-6-4-8-17-12(10)14-18-11-7-3-1-2-5-9(11)13(19-14)20-16/h4,6,8H,1-3,5,7,16H2,(H,18,19,20). The van der Waals surface area contributed by atoms with Crippen LogP contribution in [-0.2, 0) is 12.8 Å². The first-order valence-corrected chi connectivity index (χ1v) is 7.56. The van der Waals surface area contributed by atoms with Gasteiger partial charge in [0.1, 0.15) is 11.5 Å². The van der Waals surface area contributed by atoms with E-state index in [0.29, 0.717) is 5.82 Å². The minimum Gasteiger partial charge on any atom is -0.308 e. The van der Waals surface area contributed by atoms with Gasteiger partial charge in [-0.05, 0) is 53.7 Å². The van der Waals surface area contributed by atoms with E-state index in [-0.39, 0.29) is 0 Å². The molecule has 0 unspecified atom stereocenters. The average Bonchev–Trinajstić information content (AvgIpc) is 2.72. The molecule has 0 saturated carbocycles. The molecule has 20 heavy (non-hydrogen) atoms. The molecule has 0 radical (unpaired) electrons. The zero-order valence-electron chi connectivity index (χ0n) is 11.1. The number of pyridine rings is 1. The molecule has 2 aromatic rings. The van der Waals surface area contributed by atoms with E-state index < -0.39 is 0 Å². The van der Waals surface area contributed by atoms with Crippen LogP contribution in [0.25, 0.3) is 11.5 Å². The Balaban J connectivity index is 2.14. The van der Waals surface area contributed by atoms with Gasteiger partial charge in [0, 0.05) is 21.9 Å². The number of aryl methyl sites for hydroxylation is 1. The molecule has 2 aromatic heterocycles. The van der Waals surface area contributed by atoms with E-state index in [0.717, 1.165) is 52.9 Å². The number of hydrogen-bond donors (Lipinski definition) is 2. The zero-order valence-corrected chi connectivity index (χ0v) is 12.7. The lowest BCUT2D eigenvalue weighted by Crippen LogP contribution is -2.14. The molecule has 0 atom stereocenters. The summed E-state index contributed by atoms with van der Waals surface area (Å²) >= 11 is 3.50. The number of hydrogen-bond acceptors (Lipinski definition) is 5. The van der Waals surface area contributed by atoms with Gasteiger partial charge in [-0.3, -0.25) is 4.98 Å². The van der Waals surface area contributed by atoms with Crippen molar-refractivity contribution in [1.82, 2.24) is 15.0 Å². The molecule has 0 aromatic carbocycles. The quantitative estimate of drug-likeness (QED) is 0.502. The van der Waals surface area contributed by atoms with Crippen LogP contribution < -0.4 is 11.3 Å². The fourth-order valence-corrected chi connectivity index (χ4v) is 2.98. The third-order valence-electron chi connectivity index (χ3n) is 3.54. The minimum atomic E-state index is 0.617. The number of nitrogens with two attached hydrogens (primary N) is 1. The molecule has 0 saturated heterocycles. The summed E-state index contributed by atoms with van der Waals surface area (Å²) < 4.78 is 0.886. The maximum absolute atomic E-state index is 5.64. The third kappa shape index (κ3) is 2.53. The van der Waals surface area contributed by atoms with Gasteiger partial charge in [0.25, 0.3) is 0 Å². The SMILES string of the molecule is NNc1nc(-c2ncccc2Br)nc2c1CCCCC2. The summed E-state index contributed by atoms with van der Waals surface area (Å²) in [7, 11) is 0. The van der Waals surface area contributed by atoms with Crippen molar-refractivity contribution in [2.45, 2.75) is 32.1 Å². The van der Waals surface area contributed by atoms with Crippen LogP contribution in [0.4, 0.5) is 5.82 Å². The fraction of sp³-hybridized carbons (Fsp3) is 0.357. The van der Waals surface area contributed by atoms with Crippen LogP contribution in [0.3, 0.4) is 0 Å². The lowest BCUT2D eigenvalue weighted by Gasteiger charge is -2.12. The van der Waals surface area contributed by atoms with Crippen molar-refractivity contribution in [1.29, 1.82) is 0 Å². The Morgan fingerprint density at radius 2 is 2.00 bits per heavy atom. The van der Waals surface area contributed by atoms with E-state index in [9.17, 15) is 0 Å². The van der Waals surface area contributed by atoms with Crippen molar-refractivity contribution < 1.29 is 0 Å². The molecule has 0 spiro atoms. The van der Waals surface area contributed by atoms with E-state index in [4.69, 9.17) is 10.8 Å². The van der Waals surface area contributed by atoms with Crippen molar-refractivity contribution in [2.75, 3.05) is 5.43 Å². The van der Waals surface area contributed by atoms with Crippen molar-refractivity contribution in [3.8, 4) is 11.5 Å². The summed E-state index contributed by atoms with van der Waals surface area (Å²) in [5.74, 6) is 6.98. The number of halogens is 1. The molecule has 0 aliphatic heterocycles.